The van der Waals surface area contributed by atoms with E-state index in [9.17, 15) is 0 Å². The first-order valence-corrected chi connectivity index (χ1v) is 5.46. The van der Waals surface area contributed by atoms with Gasteiger partial charge >= 0.3 is 0 Å². The molecule has 0 bridgehead atoms. The van der Waals surface area contributed by atoms with Gasteiger partial charge in [-0.1, -0.05) is 69.2 Å². The van der Waals surface area contributed by atoms with Crippen LogP contribution in [0.25, 0.3) is 5.57 Å². The summed E-state index contributed by atoms with van der Waals surface area (Å²) >= 11 is 0. The summed E-state index contributed by atoms with van der Waals surface area (Å²) in [5, 5.41) is 0. The van der Waals surface area contributed by atoms with Crippen LogP contribution in [0.5, 0.6) is 0 Å². The zero-order valence-electron chi connectivity index (χ0n) is 9.87. The zero-order valence-corrected chi connectivity index (χ0v) is 9.87. The van der Waals surface area contributed by atoms with Crippen molar-refractivity contribution in [2.24, 2.45) is 0 Å². The summed E-state index contributed by atoms with van der Waals surface area (Å²) in [6, 6.07) is 8.47. The van der Waals surface area contributed by atoms with Crippen molar-refractivity contribution in [1.82, 2.24) is 0 Å². The Morgan fingerprint density at radius 3 is 2.25 bits per heavy atom. The van der Waals surface area contributed by atoms with Gasteiger partial charge in [0.15, 0.2) is 0 Å². The molecule has 0 radical (unpaired) electrons. The maximum atomic E-state index is 4.08. The van der Waals surface area contributed by atoms with E-state index in [-0.39, 0.29) is 0 Å². The minimum Gasteiger partial charge on any atom is -0.0990 e. The first-order valence-electron chi connectivity index (χ1n) is 5.46. The van der Waals surface area contributed by atoms with E-state index in [1.54, 1.807) is 12.2 Å². The number of hydrogen-bond donors (Lipinski definition) is 0. The van der Waals surface area contributed by atoms with Crippen molar-refractivity contribution >= 4 is 5.57 Å². The predicted octanol–water partition coefficient (Wildman–Crippen LogP) is 4.56. The third kappa shape index (κ3) is 2.83. The van der Waals surface area contributed by atoms with E-state index in [0.29, 0.717) is 0 Å². The second kappa shape index (κ2) is 5.92. The van der Waals surface area contributed by atoms with Crippen LogP contribution in [0.3, 0.4) is 0 Å². The molecule has 0 fully saturated rings. The molecule has 0 heteroatoms. The van der Waals surface area contributed by atoms with Crippen LogP contribution in [0.1, 0.15) is 18.1 Å². The highest BCUT2D eigenvalue weighted by atomic mass is 14.1. The van der Waals surface area contributed by atoms with Gasteiger partial charge in [0.1, 0.15) is 0 Å². The summed E-state index contributed by atoms with van der Waals surface area (Å²) in [6.07, 6.45) is 6.53. The third-order valence-corrected chi connectivity index (χ3v) is 2.58. The van der Waals surface area contributed by atoms with Crippen molar-refractivity contribution in [3.8, 4) is 0 Å². The molecule has 0 aliphatic heterocycles. The van der Waals surface area contributed by atoms with E-state index in [2.05, 4.69) is 50.9 Å². The predicted molar refractivity (Wildman–Crippen MR) is 73.3 cm³/mol. The second-order valence-electron chi connectivity index (χ2n) is 3.59. The fourth-order valence-corrected chi connectivity index (χ4v) is 1.53. The first-order chi connectivity index (χ1) is 7.72. The average molecular weight is 210 g/mol. The highest BCUT2D eigenvalue weighted by Crippen LogP contribution is 2.22. The number of allylic oxidation sites excluding steroid dienone is 5. The molecule has 0 nitrogen and oxygen atoms in total. The van der Waals surface area contributed by atoms with Gasteiger partial charge < -0.3 is 0 Å². The summed E-state index contributed by atoms with van der Waals surface area (Å²) < 4.78 is 0. The Balaban J connectivity index is 2.99. The first kappa shape index (κ1) is 12.3. The Morgan fingerprint density at radius 2 is 1.81 bits per heavy atom. The van der Waals surface area contributed by atoms with Crippen LogP contribution in [-0.4, -0.2) is 0 Å². The molecule has 0 aliphatic rings. The number of hydrogen-bond acceptors (Lipinski definition) is 0. The van der Waals surface area contributed by atoms with Crippen LogP contribution >= 0.6 is 0 Å². The molecule has 1 aromatic carbocycles. The smallest absolute Gasteiger partial charge is 0.0184 e. The Bertz CT molecular complexity index is 416. The summed E-state index contributed by atoms with van der Waals surface area (Å²) in [7, 11) is 0. The SMILES string of the molecule is C=C/C=C(\C=C)C(=C)c1ccc(CC)cc1. The Hall–Kier alpha value is -1.82. The van der Waals surface area contributed by atoms with E-state index >= 15 is 0 Å². The zero-order chi connectivity index (χ0) is 12.0. The molecule has 16 heavy (non-hydrogen) atoms. The van der Waals surface area contributed by atoms with Gasteiger partial charge in [0.05, 0.1) is 0 Å². The lowest BCUT2D eigenvalue weighted by Crippen LogP contribution is -1.87. The maximum absolute atomic E-state index is 4.08. The van der Waals surface area contributed by atoms with Gasteiger partial charge in [0.2, 0.25) is 0 Å². The van der Waals surface area contributed by atoms with E-state index < -0.39 is 0 Å². The summed E-state index contributed by atoms with van der Waals surface area (Å²) in [5.74, 6) is 0. The Kier molecular flexibility index (Phi) is 4.53. The molecule has 82 valence electrons. The molecule has 1 rings (SSSR count). The molecule has 0 heterocycles. The monoisotopic (exact) mass is 210 g/mol. The largest absolute Gasteiger partial charge is 0.0990 e. The molecule has 0 spiro atoms. The van der Waals surface area contributed by atoms with E-state index in [4.69, 9.17) is 0 Å². The summed E-state index contributed by atoms with van der Waals surface area (Å²) in [6.45, 7) is 13.7. The molecule has 0 aromatic heterocycles. The van der Waals surface area contributed by atoms with E-state index in [1.165, 1.54) is 5.56 Å². The van der Waals surface area contributed by atoms with Crippen molar-refractivity contribution in [3.05, 3.63) is 78.9 Å². The fraction of sp³-hybridized carbons (Fsp3) is 0.125. The van der Waals surface area contributed by atoms with Gasteiger partial charge in [-0.05, 0) is 28.7 Å². The van der Waals surface area contributed by atoms with Gasteiger partial charge in [0, 0.05) is 0 Å². The van der Waals surface area contributed by atoms with Crippen LogP contribution in [-0.2, 0) is 6.42 Å². The molecule has 0 unspecified atom stereocenters. The molecule has 0 atom stereocenters. The van der Waals surface area contributed by atoms with Gasteiger partial charge in [-0.25, -0.2) is 0 Å². The summed E-state index contributed by atoms with van der Waals surface area (Å²) in [4.78, 5) is 0. The second-order valence-corrected chi connectivity index (χ2v) is 3.59. The maximum Gasteiger partial charge on any atom is -0.0184 e. The Morgan fingerprint density at radius 1 is 1.19 bits per heavy atom. The van der Waals surface area contributed by atoms with Crippen LogP contribution < -0.4 is 0 Å². The average Bonchev–Trinajstić information content (AvgIpc) is 2.35. The number of benzene rings is 1. The van der Waals surface area contributed by atoms with E-state index in [0.717, 1.165) is 23.1 Å². The molecule has 1 aromatic rings. The lowest BCUT2D eigenvalue weighted by Gasteiger charge is -2.07. The van der Waals surface area contributed by atoms with Crippen molar-refractivity contribution in [3.63, 3.8) is 0 Å². The normalized spacial score (nSPS) is 10.9. The van der Waals surface area contributed by atoms with Crippen molar-refractivity contribution in [1.29, 1.82) is 0 Å². The minimum absolute atomic E-state index is 0.984. The van der Waals surface area contributed by atoms with Gasteiger partial charge in [-0.2, -0.15) is 0 Å². The lowest BCUT2D eigenvalue weighted by atomic mass is 9.98. The van der Waals surface area contributed by atoms with Gasteiger partial charge in [-0.3, -0.25) is 0 Å². The molecule has 0 N–H and O–H groups in total. The van der Waals surface area contributed by atoms with Crippen LogP contribution in [0.4, 0.5) is 0 Å². The van der Waals surface area contributed by atoms with Gasteiger partial charge in [0.25, 0.3) is 0 Å². The Labute approximate surface area is 98.3 Å². The van der Waals surface area contributed by atoms with Crippen molar-refractivity contribution < 1.29 is 0 Å². The molecular weight excluding hydrogens is 192 g/mol. The van der Waals surface area contributed by atoms with Crippen LogP contribution in [0, 0.1) is 0 Å². The molecule has 0 saturated heterocycles. The van der Waals surface area contributed by atoms with Crippen LogP contribution in [0.2, 0.25) is 0 Å². The molecular formula is C16H18. The minimum atomic E-state index is 0.984. The fourth-order valence-electron chi connectivity index (χ4n) is 1.53. The molecule has 0 amide bonds. The van der Waals surface area contributed by atoms with Gasteiger partial charge in [-0.15, -0.1) is 0 Å². The third-order valence-electron chi connectivity index (χ3n) is 2.58. The number of rotatable bonds is 5. The van der Waals surface area contributed by atoms with Crippen molar-refractivity contribution in [2.45, 2.75) is 13.3 Å². The molecule has 0 aliphatic carbocycles. The van der Waals surface area contributed by atoms with Crippen LogP contribution in [0.15, 0.2) is 67.8 Å². The highest BCUT2D eigenvalue weighted by Gasteiger charge is 2.01. The van der Waals surface area contributed by atoms with Crippen molar-refractivity contribution in [2.75, 3.05) is 0 Å². The quantitative estimate of drug-likeness (QED) is 0.625. The topological polar surface area (TPSA) is 0 Å². The highest BCUT2D eigenvalue weighted by molar-refractivity contribution is 5.80. The molecule has 0 saturated carbocycles. The summed E-state index contributed by atoms with van der Waals surface area (Å²) in [5.41, 5.74) is 4.46. The lowest BCUT2D eigenvalue weighted by molar-refractivity contribution is 1.14. The van der Waals surface area contributed by atoms with E-state index in [1.807, 2.05) is 6.08 Å². The number of aryl methyl sites for hydroxylation is 1. The standard InChI is InChI=1S/C16H18/c1-5-8-15(7-3)13(4)16-11-9-14(6-2)10-12-16/h5,7-12H,1,3-4,6H2,2H3/b15-8+.